The van der Waals surface area contributed by atoms with Crippen LogP contribution in [0.4, 0.5) is 10.5 Å². The number of carbonyl (C=O) groups is 3. The minimum atomic E-state index is -1.48. The first-order valence-corrected chi connectivity index (χ1v) is 18.8. The van der Waals surface area contributed by atoms with Crippen molar-refractivity contribution >= 4 is 29.7 Å². The molecule has 0 saturated heterocycles. The molecule has 8 rings (SSSR count). The highest BCUT2D eigenvalue weighted by Crippen LogP contribution is 2.68. The molecule has 0 radical (unpaired) electrons. The molecular weight excluding hydrogens is 670 g/mol. The van der Waals surface area contributed by atoms with Gasteiger partial charge in [-0.3, -0.25) is 4.79 Å². The molecule has 2 aromatic carbocycles. The van der Waals surface area contributed by atoms with E-state index >= 15 is 0 Å². The van der Waals surface area contributed by atoms with E-state index in [2.05, 4.69) is 35.9 Å². The second-order valence-electron chi connectivity index (χ2n) is 15.7. The molecule has 276 valence electrons. The van der Waals surface area contributed by atoms with Gasteiger partial charge in [0.2, 0.25) is 5.76 Å². The highest BCUT2D eigenvalue weighted by Gasteiger charge is 2.71. The highest BCUT2D eigenvalue weighted by atomic mass is 16.6. The first kappa shape index (κ1) is 34.9. The van der Waals surface area contributed by atoms with Gasteiger partial charge in [0, 0.05) is 24.2 Å². The number of hydrogen-bond donors (Lipinski definition) is 4. The third-order valence-corrected chi connectivity index (χ3v) is 12.9. The molecular formula is C42H47N5O6. The van der Waals surface area contributed by atoms with Crippen molar-refractivity contribution in [1.82, 2.24) is 20.4 Å². The minimum absolute atomic E-state index is 0.0411. The summed E-state index contributed by atoms with van der Waals surface area (Å²) in [7, 11) is 0. The van der Waals surface area contributed by atoms with Crippen molar-refractivity contribution in [2.45, 2.75) is 77.5 Å². The molecule has 3 fully saturated rings. The molecule has 3 saturated carbocycles. The van der Waals surface area contributed by atoms with E-state index in [1.54, 1.807) is 12.1 Å². The fraction of sp³-hybridized carbons (Fsp3) is 0.429. The Balaban J connectivity index is 1.07. The molecule has 0 bridgehead atoms. The van der Waals surface area contributed by atoms with E-state index in [4.69, 9.17) is 14.3 Å². The van der Waals surface area contributed by atoms with Gasteiger partial charge in [-0.05, 0) is 122 Å². The fourth-order valence-corrected chi connectivity index (χ4v) is 10.5. The molecule has 4 aliphatic rings. The average molecular weight is 718 g/mol. The number of urea groups is 1. The number of esters is 1. The summed E-state index contributed by atoms with van der Waals surface area (Å²) in [6.07, 6.45) is 8.76. The molecule has 2 heterocycles. The molecule has 11 nitrogen and oxygen atoms in total. The van der Waals surface area contributed by atoms with Crippen molar-refractivity contribution in [3.63, 3.8) is 0 Å². The predicted molar refractivity (Wildman–Crippen MR) is 199 cm³/mol. The first-order valence-electron chi connectivity index (χ1n) is 18.8. The van der Waals surface area contributed by atoms with Crippen LogP contribution in [0.2, 0.25) is 0 Å². The molecule has 0 spiro atoms. The van der Waals surface area contributed by atoms with E-state index < -0.39 is 23.1 Å². The van der Waals surface area contributed by atoms with E-state index in [9.17, 15) is 19.5 Å². The molecule has 7 unspecified atom stereocenters. The Kier molecular flexibility index (Phi) is 8.80. The number of rotatable bonds is 8. The van der Waals surface area contributed by atoms with E-state index in [0.717, 1.165) is 41.8 Å². The Morgan fingerprint density at radius 3 is 2.55 bits per heavy atom. The third kappa shape index (κ3) is 5.76. The maximum absolute atomic E-state index is 14.5. The number of ether oxygens (including phenoxy) is 1. The second-order valence-corrected chi connectivity index (χ2v) is 15.7. The van der Waals surface area contributed by atoms with Gasteiger partial charge in [0.05, 0.1) is 29.9 Å². The quantitative estimate of drug-likeness (QED) is 0.149. The van der Waals surface area contributed by atoms with Crippen molar-refractivity contribution in [2.75, 3.05) is 11.9 Å². The van der Waals surface area contributed by atoms with Crippen molar-refractivity contribution in [2.24, 2.45) is 28.6 Å². The van der Waals surface area contributed by atoms with Gasteiger partial charge in [-0.2, -0.15) is 5.10 Å². The third-order valence-electron chi connectivity index (χ3n) is 12.9. The molecule has 7 atom stereocenters. The van der Waals surface area contributed by atoms with Crippen molar-refractivity contribution < 1.29 is 28.6 Å². The number of anilines is 1. The summed E-state index contributed by atoms with van der Waals surface area (Å²) < 4.78 is 13.7. The van der Waals surface area contributed by atoms with Crippen LogP contribution in [-0.4, -0.2) is 51.0 Å². The van der Waals surface area contributed by atoms with Crippen LogP contribution in [0.3, 0.4) is 0 Å². The summed E-state index contributed by atoms with van der Waals surface area (Å²) in [6.45, 7) is 7.06. The van der Waals surface area contributed by atoms with Crippen LogP contribution in [-0.2, 0) is 22.5 Å². The van der Waals surface area contributed by atoms with E-state index in [1.165, 1.54) is 11.8 Å². The van der Waals surface area contributed by atoms with Crippen molar-refractivity contribution in [3.05, 3.63) is 107 Å². The van der Waals surface area contributed by atoms with Gasteiger partial charge in [0.25, 0.3) is 5.91 Å². The van der Waals surface area contributed by atoms with Crippen LogP contribution in [0.15, 0.2) is 89.2 Å². The van der Waals surface area contributed by atoms with Gasteiger partial charge < -0.3 is 30.2 Å². The summed E-state index contributed by atoms with van der Waals surface area (Å²) in [4.78, 5) is 40.0. The number of aromatic nitrogens is 2. The van der Waals surface area contributed by atoms with E-state index in [-0.39, 0.29) is 40.9 Å². The smallest absolute Gasteiger partial charge is 0.375 e. The number of nitrogens with zero attached hydrogens (tertiary/aromatic N) is 2. The number of aliphatic hydroxyl groups is 1. The van der Waals surface area contributed by atoms with Crippen LogP contribution in [0.5, 0.6) is 0 Å². The highest BCUT2D eigenvalue weighted by molar-refractivity contribution is 5.93. The standard InChI is InChI=1S/C42H47N5O6/c1-4-43-39(51)46-29-13-15-30(16-14-29)47-33-21-28-12-17-31-32-18-19-42(53-37(49)35-11-8-20-52-35,38(50)44-24-26-9-6-5-7-10-26)41(32,3)23-34(48)36(31)40(28,2)22-27(33)25-45-47/h5-11,13-16,20-21,25,31-32,34,36,48H,4,12,17-19,22-24H2,1-3H3,(H,44,50)(H2,43,46,51). The summed E-state index contributed by atoms with van der Waals surface area (Å²) in [5.74, 6) is -0.820. The zero-order valence-electron chi connectivity index (χ0n) is 30.4. The molecule has 11 heteroatoms. The number of carbonyl (C=O) groups excluding carboxylic acids is 3. The number of hydrogen-bond acceptors (Lipinski definition) is 7. The molecule has 4 aliphatic carbocycles. The van der Waals surface area contributed by atoms with Gasteiger partial charge in [0.15, 0.2) is 5.60 Å². The molecule has 0 aliphatic heterocycles. The molecule has 3 amide bonds. The van der Waals surface area contributed by atoms with Crippen LogP contribution in [0, 0.1) is 28.6 Å². The topological polar surface area (TPSA) is 148 Å². The number of fused-ring (bicyclic) bond motifs is 6. The Labute approximate surface area is 309 Å². The van der Waals surface area contributed by atoms with Gasteiger partial charge in [-0.15, -0.1) is 0 Å². The van der Waals surface area contributed by atoms with E-state index in [0.29, 0.717) is 38.0 Å². The lowest BCUT2D eigenvalue weighted by Crippen LogP contribution is -2.64. The van der Waals surface area contributed by atoms with Gasteiger partial charge in [-0.1, -0.05) is 49.8 Å². The lowest BCUT2D eigenvalue weighted by Gasteiger charge is -2.60. The first-order chi connectivity index (χ1) is 25.6. The van der Waals surface area contributed by atoms with Crippen LogP contribution in [0.1, 0.15) is 80.3 Å². The van der Waals surface area contributed by atoms with Gasteiger partial charge in [0.1, 0.15) is 0 Å². The van der Waals surface area contributed by atoms with Crippen molar-refractivity contribution in [1.29, 1.82) is 0 Å². The second kappa shape index (κ2) is 13.4. The predicted octanol–water partition coefficient (Wildman–Crippen LogP) is 6.67. The fourth-order valence-electron chi connectivity index (χ4n) is 10.5. The summed E-state index contributed by atoms with van der Waals surface area (Å²) in [6, 6.07) is 20.3. The van der Waals surface area contributed by atoms with Gasteiger partial charge in [-0.25, -0.2) is 14.3 Å². The van der Waals surface area contributed by atoms with Crippen LogP contribution < -0.4 is 16.0 Å². The summed E-state index contributed by atoms with van der Waals surface area (Å²) in [5.41, 5.74) is 3.40. The van der Waals surface area contributed by atoms with Crippen molar-refractivity contribution in [3.8, 4) is 5.69 Å². The number of furan rings is 1. The summed E-state index contributed by atoms with van der Waals surface area (Å²) >= 11 is 0. The Hall–Kier alpha value is -5.16. The minimum Gasteiger partial charge on any atom is -0.457 e. The SMILES string of the molecule is CCNC(=O)Nc1ccc(-n2ncc3c2C=C2CCC4C(C(O)CC5(C)C4CCC5(OC(=O)c4ccco4)C(=O)NCc4ccccc4)C2(C)C3)cc1. The molecule has 4 aromatic rings. The van der Waals surface area contributed by atoms with Crippen LogP contribution in [0.25, 0.3) is 11.8 Å². The Morgan fingerprint density at radius 2 is 1.81 bits per heavy atom. The monoisotopic (exact) mass is 717 g/mol. The maximum atomic E-state index is 14.5. The van der Waals surface area contributed by atoms with Crippen LogP contribution >= 0.6 is 0 Å². The Morgan fingerprint density at radius 1 is 1.02 bits per heavy atom. The number of nitrogens with one attached hydrogen (secondary N) is 3. The number of amides is 3. The number of allylic oxidation sites excluding steroid dienone is 1. The zero-order chi connectivity index (χ0) is 37.0. The number of aliphatic hydroxyl groups excluding tert-OH is 1. The largest absolute Gasteiger partial charge is 0.457 e. The van der Waals surface area contributed by atoms with Gasteiger partial charge >= 0.3 is 12.0 Å². The maximum Gasteiger partial charge on any atom is 0.375 e. The summed E-state index contributed by atoms with van der Waals surface area (Å²) in [5, 5.41) is 25.8. The van der Waals surface area contributed by atoms with E-state index in [1.807, 2.05) is 72.4 Å². The Bertz CT molecular complexity index is 2040. The lowest BCUT2D eigenvalue weighted by atomic mass is 9.45. The number of benzene rings is 2. The lowest BCUT2D eigenvalue weighted by molar-refractivity contribution is -0.182. The molecule has 2 aromatic heterocycles. The normalized spacial score (nSPS) is 29.8. The molecule has 4 N–H and O–H groups in total. The average Bonchev–Trinajstić information content (AvgIpc) is 3.89. The zero-order valence-corrected chi connectivity index (χ0v) is 30.4. The molecule has 53 heavy (non-hydrogen) atoms.